The second-order valence-corrected chi connectivity index (χ2v) is 6.83. The molecule has 0 aromatic heterocycles. The smallest absolute Gasteiger partial charge is 0.191 e. The molecule has 1 aliphatic carbocycles. The number of hydrogen-bond acceptors (Lipinski definition) is 4. The highest BCUT2D eigenvalue weighted by molar-refractivity contribution is 14.0. The summed E-state index contributed by atoms with van der Waals surface area (Å²) < 4.78 is 17.0. The van der Waals surface area contributed by atoms with Crippen LogP contribution in [0, 0.1) is 5.92 Å². The van der Waals surface area contributed by atoms with E-state index in [9.17, 15) is 0 Å². The van der Waals surface area contributed by atoms with Crippen molar-refractivity contribution in [1.29, 1.82) is 0 Å². The molecule has 0 saturated heterocycles. The van der Waals surface area contributed by atoms with Gasteiger partial charge in [-0.1, -0.05) is 26.2 Å². The summed E-state index contributed by atoms with van der Waals surface area (Å²) in [6.45, 7) is 9.48. The second kappa shape index (κ2) is 19.2. The molecule has 1 rings (SSSR count). The maximum atomic E-state index is 5.97. The van der Waals surface area contributed by atoms with Gasteiger partial charge < -0.3 is 24.8 Å². The zero-order valence-electron chi connectivity index (χ0n) is 17.6. The summed E-state index contributed by atoms with van der Waals surface area (Å²) in [5.74, 6) is 1.56. The van der Waals surface area contributed by atoms with Gasteiger partial charge in [0.05, 0.1) is 25.9 Å². The number of nitrogens with one attached hydrogen (secondary N) is 2. The van der Waals surface area contributed by atoms with Crippen LogP contribution in [0.15, 0.2) is 4.99 Å². The minimum atomic E-state index is 0. The molecule has 0 bridgehead atoms. The third kappa shape index (κ3) is 13.7. The van der Waals surface area contributed by atoms with E-state index in [4.69, 9.17) is 14.2 Å². The minimum Gasteiger partial charge on any atom is -0.379 e. The molecular formula is C20H42IN3O3. The first-order valence-corrected chi connectivity index (χ1v) is 10.5. The summed E-state index contributed by atoms with van der Waals surface area (Å²) in [6.07, 6.45) is 9.04. The number of hydrogen-bond donors (Lipinski definition) is 2. The van der Waals surface area contributed by atoms with Crippen LogP contribution in [-0.2, 0) is 14.2 Å². The van der Waals surface area contributed by atoms with Crippen LogP contribution in [0.3, 0.4) is 0 Å². The quantitative estimate of drug-likeness (QED) is 0.156. The third-order valence-electron chi connectivity index (χ3n) is 4.80. The average molecular weight is 499 g/mol. The van der Waals surface area contributed by atoms with Gasteiger partial charge in [0.1, 0.15) is 0 Å². The van der Waals surface area contributed by atoms with E-state index < -0.39 is 0 Å². The third-order valence-corrected chi connectivity index (χ3v) is 4.80. The number of rotatable bonds is 15. The molecule has 1 fully saturated rings. The first kappa shape index (κ1) is 26.9. The van der Waals surface area contributed by atoms with Crippen molar-refractivity contribution in [3.63, 3.8) is 0 Å². The molecule has 2 N–H and O–H groups in total. The SMILES string of the molecule is CCCCOCCOCCNC(=NC)NCCC(OCC)C1CCCC1.I. The molecule has 27 heavy (non-hydrogen) atoms. The Bertz CT molecular complexity index is 353. The highest BCUT2D eigenvalue weighted by Crippen LogP contribution is 2.30. The van der Waals surface area contributed by atoms with Gasteiger partial charge in [0.15, 0.2) is 5.96 Å². The molecule has 0 radical (unpaired) electrons. The Balaban J connectivity index is 0.00000676. The first-order valence-electron chi connectivity index (χ1n) is 10.5. The molecule has 1 unspecified atom stereocenters. The van der Waals surface area contributed by atoms with Crippen molar-refractivity contribution < 1.29 is 14.2 Å². The Kier molecular flexibility index (Phi) is 19.1. The van der Waals surface area contributed by atoms with Crippen molar-refractivity contribution in [2.24, 2.45) is 10.9 Å². The molecule has 1 atom stereocenters. The summed E-state index contributed by atoms with van der Waals surface area (Å²) in [4.78, 5) is 4.27. The van der Waals surface area contributed by atoms with Gasteiger partial charge in [-0.2, -0.15) is 0 Å². The zero-order valence-corrected chi connectivity index (χ0v) is 20.0. The Labute approximate surface area is 183 Å². The number of nitrogens with zero attached hydrogens (tertiary/aromatic N) is 1. The van der Waals surface area contributed by atoms with Crippen LogP contribution in [0.4, 0.5) is 0 Å². The maximum absolute atomic E-state index is 5.97. The van der Waals surface area contributed by atoms with Crippen molar-refractivity contribution in [3.05, 3.63) is 0 Å². The summed E-state index contributed by atoms with van der Waals surface area (Å²) in [7, 11) is 1.80. The molecule has 0 aromatic carbocycles. The molecule has 0 aliphatic heterocycles. The summed E-state index contributed by atoms with van der Waals surface area (Å²) in [5.41, 5.74) is 0. The van der Waals surface area contributed by atoms with E-state index in [1.54, 1.807) is 7.05 Å². The van der Waals surface area contributed by atoms with Gasteiger partial charge in [-0.25, -0.2) is 0 Å². The van der Waals surface area contributed by atoms with Crippen LogP contribution in [0.1, 0.15) is 58.8 Å². The van der Waals surface area contributed by atoms with Crippen molar-refractivity contribution in [2.45, 2.75) is 64.9 Å². The van der Waals surface area contributed by atoms with E-state index >= 15 is 0 Å². The number of unbranched alkanes of at least 4 members (excludes halogenated alkanes) is 1. The van der Waals surface area contributed by atoms with Gasteiger partial charge >= 0.3 is 0 Å². The number of aliphatic imine (C=N–C) groups is 1. The Hall–Kier alpha value is -0.120. The van der Waals surface area contributed by atoms with Crippen LogP contribution in [0.2, 0.25) is 0 Å². The fourth-order valence-electron chi connectivity index (χ4n) is 3.36. The monoisotopic (exact) mass is 499 g/mol. The van der Waals surface area contributed by atoms with E-state index in [1.165, 1.54) is 32.1 Å². The topological polar surface area (TPSA) is 64.1 Å². The van der Waals surface area contributed by atoms with Gasteiger partial charge in [-0.3, -0.25) is 4.99 Å². The van der Waals surface area contributed by atoms with Gasteiger partial charge in [0.2, 0.25) is 0 Å². The molecule has 1 saturated carbocycles. The molecule has 0 aromatic rings. The van der Waals surface area contributed by atoms with Gasteiger partial charge in [-0.15, -0.1) is 24.0 Å². The van der Waals surface area contributed by atoms with E-state index in [0.29, 0.717) is 25.9 Å². The van der Waals surface area contributed by atoms with Crippen molar-refractivity contribution in [2.75, 3.05) is 53.2 Å². The predicted molar refractivity (Wildman–Crippen MR) is 123 cm³/mol. The van der Waals surface area contributed by atoms with Crippen LogP contribution in [-0.4, -0.2) is 65.2 Å². The minimum absolute atomic E-state index is 0. The molecule has 7 heteroatoms. The van der Waals surface area contributed by atoms with Crippen LogP contribution in [0.5, 0.6) is 0 Å². The van der Waals surface area contributed by atoms with Crippen molar-refractivity contribution in [3.8, 4) is 0 Å². The lowest BCUT2D eigenvalue weighted by Crippen LogP contribution is -2.40. The van der Waals surface area contributed by atoms with Crippen LogP contribution in [0.25, 0.3) is 0 Å². The molecule has 0 heterocycles. The van der Waals surface area contributed by atoms with Crippen LogP contribution < -0.4 is 10.6 Å². The highest BCUT2D eigenvalue weighted by atomic mass is 127. The lowest BCUT2D eigenvalue weighted by atomic mass is 9.98. The highest BCUT2D eigenvalue weighted by Gasteiger charge is 2.24. The molecule has 6 nitrogen and oxygen atoms in total. The van der Waals surface area contributed by atoms with Crippen LogP contribution >= 0.6 is 24.0 Å². The zero-order chi connectivity index (χ0) is 18.9. The van der Waals surface area contributed by atoms with Crippen molar-refractivity contribution in [1.82, 2.24) is 10.6 Å². The number of guanidine groups is 1. The summed E-state index contributed by atoms with van der Waals surface area (Å²) in [6, 6.07) is 0. The normalized spacial score (nSPS) is 16.2. The molecule has 0 spiro atoms. The van der Waals surface area contributed by atoms with E-state index in [-0.39, 0.29) is 24.0 Å². The molecule has 162 valence electrons. The lowest BCUT2D eigenvalue weighted by molar-refractivity contribution is 0.0169. The Morgan fingerprint density at radius 2 is 1.67 bits per heavy atom. The molecular weight excluding hydrogens is 457 g/mol. The predicted octanol–water partition coefficient (Wildman–Crippen LogP) is 3.59. The van der Waals surface area contributed by atoms with Gasteiger partial charge in [0, 0.05) is 33.4 Å². The first-order chi connectivity index (χ1) is 12.8. The summed E-state index contributed by atoms with van der Waals surface area (Å²) in [5, 5.41) is 6.67. The summed E-state index contributed by atoms with van der Waals surface area (Å²) >= 11 is 0. The Morgan fingerprint density at radius 3 is 2.30 bits per heavy atom. The van der Waals surface area contributed by atoms with Gasteiger partial charge in [-0.05, 0) is 38.5 Å². The van der Waals surface area contributed by atoms with E-state index in [2.05, 4.69) is 29.5 Å². The number of ether oxygens (including phenoxy) is 3. The molecule has 1 aliphatic rings. The Morgan fingerprint density at radius 1 is 1.00 bits per heavy atom. The molecule has 0 amide bonds. The van der Waals surface area contributed by atoms with E-state index in [1.807, 2.05) is 0 Å². The lowest BCUT2D eigenvalue weighted by Gasteiger charge is -2.24. The largest absolute Gasteiger partial charge is 0.379 e. The second-order valence-electron chi connectivity index (χ2n) is 6.83. The standard InChI is InChI=1S/C20H41N3O3.HI/c1-4-6-14-24-16-17-25-15-13-23-20(21-3)22-12-11-19(26-5-2)18-9-7-8-10-18;/h18-19H,4-17H2,1-3H3,(H2,21,22,23);1H. The average Bonchev–Trinajstić information content (AvgIpc) is 3.19. The fourth-order valence-corrected chi connectivity index (χ4v) is 3.36. The van der Waals surface area contributed by atoms with Crippen molar-refractivity contribution >= 4 is 29.9 Å². The maximum Gasteiger partial charge on any atom is 0.191 e. The van der Waals surface area contributed by atoms with E-state index in [0.717, 1.165) is 51.0 Å². The fraction of sp³-hybridized carbons (Fsp3) is 0.950. The van der Waals surface area contributed by atoms with Gasteiger partial charge in [0.25, 0.3) is 0 Å². The number of halogens is 1.